The fraction of sp³-hybridized carbons (Fsp3) is 0.440. The molecule has 5 heteroatoms. The van der Waals surface area contributed by atoms with Crippen molar-refractivity contribution in [1.82, 2.24) is 0 Å². The van der Waals surface area contributed by atoms with E-state index in [1.807, 2.05) is 54.5 Å². The van der Waals surface area contributed by atoms with E-state index in [-0.39, 0.29) is 0 Å². The van der Waals surface area contributed by atoms with Crippen molar-refractivity contribution in [2.45, 2.75) is 68.2 Å². The maximum absolute atomic E-state index is 13.2. The smallest absolute Gasteiger partial charge is 0.344 e. The van der Waals surface area contributed by atoms with Gasteiger partial charge in [-0.1, -0.05) is 13.3 Å². The SMILES string of the molecule is CCCCOc1cc(C)c(C(=O)Oc2c(C)c(C)c(C(N)=O)c(C)c2C)c(C)c1C. The molecule has 0 unspecified atom stereocenters. The quantitative estimate of drug-likeness (QED) is 0.379. The van der Waals surface area contributed by atoms with Crippen molar-refractivity contribution in [3.05, 3.63) is 56.1 Å². The van der Waals surface area contributed by atoms with E-state index in [9.17, 15) is 9.59 Å². The molecule has 0 fully saturated rings. The summed E-state index contributed by atoms with van der Waals surface area (Å²) in [5.74, 6) is 0.402. The highest BCUT2D eigenvalue weighted by Gasteiger charge is 2.24. The summed E-state index contributed by atoms with van der Waals surface area (Å²) in [6.45, 7) is 15.9. The summed E-state index contributed by atoms with van der Waals surface area (Å²) in [6, 6.07) is 1.90. The van der Waals surface area contributed by atoms with Crippen LogP contribution in [-0.4, -0.2) is 18.5 Å². The van der Waals surface area contributed by atoms with E-state index in [0.717, 1.165) is 57.5 Å². The van der Waals surface area contributed by atoms with Crippen LogP contribution in [0, 0.1) is 48.5 Å². The first-order valence-corrected chi connectivity index (χ1v) is 10.4. The molecule has 2 N–H and O–H groups in total. The van der Waals surface area contributed by atoms with Gasteiger partial charge in [0.25, 0.3) is 0 Å². The molecule has 0 spiro atoms. The van der Waals surface area contributed by atoms with E-state index < -0.39 is 11.9 Å². The average molecular weight is 412 g/mol. The molecule has 0 heterocycles. The molecular formula is C25H33NO4. The Kier molecular flexibility index (Phi) is 7.30. The second-order valence-electron chi connectivity index (χ2n) is 7.98. The lowest BCUT2D eigenvalue weighted by atomic mass is 9.92. The van der Waals surface area contributed by atoms with Gasteiger partial charge in [-0.05, 0) is 99.9 Å². The van der Waals surface area contributed by atoms with Gasteiger partial charge in [0.2, 0.25) is 5.91 Å². The number of hydrogen-bond donors (Lipinski definition) is 1. The summed E-state index contributed by atoms with van der Waals surface area (Å²) in [5.41, 5.74) is 12.1. The molecule has 2 rings (SSSR count). The summed E-state index contributed by atoms with van der Waals surface area (Å²) in [7, 11) is 0. The van der Waals surface area contributed by atoms with E-state index in [1.165, 1.54) is 0 Å². The Morgan fingerprint density at radius 2 is 1.37 bits per heavy atom. The normalized spacial score (nSPS) is 10.8. The largest absolute Gasteiger partial charge is 0.493 e. The molecule has 0 atom stereocenters. The lowest BCUT2D eigenvalue weighted by Gasteiger charge is -2.20. The van der Waals surface area contributed by atoms with Crippen LogP contribution < -0.4 is 15.2 Å². The van der Waals surface area contributed by atoms with Gasteiger partial charge in [0.15, 0.2) is 0 Å². The third kappa shape index (κ3) is 4.35. The van der Waals surface area contributed by atoms with E-state index in [1.54, 1.807) is 0 Å². The standard InChI is InChI=1S/C25H33NO4/c1-9-10-11-29-20-12-13(2)21(15(4)14(20)3)25(28)30-23-18(7)16(5)22(24(26)27)17(6)19(23)8/h12H,9-11H2,1-8H3,(H2,26,27). The maximum Gasteiger partial charge on any atom is 0.344 e. The Bertz CT molecular complexity index is 976. The van der Waals surface area contributed by atoms with Gasteiger partial charge in [0, 0.05) is 5.56 Å². The molecule has 2 aromatic rings. The van der Waals surface area contributed by atoms with Gasteiger partial charge in [-0.15, -0.1) is 0 Å². The number of amides is 1. The van der Waals surface area contributed by atoms with E-state index in [0.29, 0.717) is 23.5 Å². The van der Waals surface area contributed by atoms with Crippen LogP contribution in [-0.2, 0) is 0 Å². The van der Waals surface area contributed by atoms with Crippen molar-refractivity contribution in [3.8, 4) is 11.5 Å². The molecule has 0 aliphatic carbocycles. The minimum atomic E-state index is -0.477. The fourth-order valence-corrected chi connectivity index (χ4v) is 3.78. The molecule has 0 saturated heterocycles. The van der Waals surface area contributed by atoms with Crippen LogP contribution in [0.2, 0.25) is 0 Å². The average Bonchev–Trinajstić information content (AvgIpc) is 2.67. The monoisotopic (exact) mass is 411 g/mol. The molecule has 0 aliphatic heterocycles. The number of carbonyl (C=O) groups excluding carboxylic acids is 2. The zero-order valence-corrected chi connectivity index (χ0v) is 19.4. The summed E-state index contributed by atoms with van der Waals surface area (Å²) in [4.78, 5) is 25.0. The summed E-state index contributed by atoms with van der Waals surface area (Å²) < 4.78 is 11.8. The number of aryl methyl sites for hydroxylation is 1. The number of carbonyl (C=O) groups is 2. The summed E-state index contributed by atoms with van der Waals surface area (Å²) in [6.07, 6.45) is 2.05. The van der Waals surface area contributed by atoms with Crippen LogP contribution >= 0.6 is 0 Å². The third-order valence-corrected chi connectivity index (χ3v) is 6.01. The lowest BCUT2D eigenvalue weighted by molar-refractivity contribution is 0.0730. The summed E-state index contributed by atoms with van der Waals surface area (Å²) in [5, 5.41) is 0. The molecule has 30 heavy (non-hydrogen) atoms. The van der Waals surface area contributed by atoms with Gasteiger partial charge in [-0.3, -0.25) is 4.79 Å². The second-order valence-corrected chi connectivity index (χ2v) is 7.98. The molecular weight excluding hydrogens is 378 g/mol. The van der Waals surface area contributed by atoms with Crippen LogP contribution in [0.25, 0.3) is 0 Å². The highest BCUT2D eigenvalue weighted by molar-refractivity contribution is 5.98. The van der Waals surface area contributed by atoms with Gasteiger partial charge >= 0.3 is 5.97 Å². The van der Waals surface area contributed by atoms with Crippen molar-refractivity contribution in [2.24, 2.45) is 5.73 Å². The molecule has 0 aromatic heterocycles. The van der Waals surface area contributed by atoms with Crippen LogP contribution in [0.4, 0.5) is 0 Å². The zero-order valence-electron chi connectivity index (χ0n) is 19.4. The van der Waals surface area contributed by atoms with Gasteiger partial charge in [0.1, 0.15) is 11.5 Å². The van der Waals surface area contributed by atoms with Crippen LogP contribution in [0.3, 0.4) is 0 Å². The molecule has 0 saturated carbocycles. The molecule has 162 valence electrons. The van der Waals surface area contributed by atoms with Crippen molar-refractivity contribution in [3.63, 3.8) is 0 Å². The number of ether oxygens (including phenoxy) is 2. The van der Waals surface area contributed by atoms with Crippen LogP contribution in [0.5, 0.6) is 11.5 Å². The number of primary amides is 1. The molecule has 5 nitrogen and oxygen atoms in total. The first-order chi connectivity index (χ1) is 14.0. The first-order valence-electron chi connectivity index (χ1n) is 10.4. The van der Waals surface area contributed by atoms with E-state index in [2.05, 4.69) is 6.92 Å². The number of esters is 1. The first kappa shape index (κ1) is 23.5. The van der Waals surface area contributed by atoms with Crippen LogP contribution in [0.1, 0.15) is 79.4 Å². The van der Waals surface area contributed by atoms with E-state index in [4.69, 9.17) is 15.2 Å². The Balaban J connectivity index is 2.47. The van der Waals surface area contributed by atoms with Gasteiger partial charge in [-0.2, -0.15) is 0 Å². The Morgan fingerprint density at radius 3 is 1.87 bits per heavy atom. The predicted octanol–water partition coefficient (Wildman–Crippen LogP) is 5.34. The number of unbranched alkanes of at least 4 members (excludes halogenated alkanes) is 1. The maximum atomic E-state index is 13.2. The van der Waals surface area contributed by atoms with Gasteiger partial charge in [0.05, 0.1) is 12.2 Å². The molecule has 0 bridgehead atoms. The second kappa shape index (κ2) is 9.33. The number of rotatable bonds is 7. The molecule has 2 aromatic carbocycles. The number of benzene rings is 2. The van der Waals surface area contributed by atoms with Crippen molar-refractivity contribution >= 4 is 11.9 Å². The molecule has 1 amide bonds. The Morgan fingerprint density at radius 1 is 0.833 bits per heavy atom. The van der Waals surface area contributed by atoms with E-state index >= 15 is 0 Å². The predicted molar refractivity (Wildman–Crippen MR) is 120 cm³/mol. The number of hydrogen-bond acceptors (Lipinski definition) is 4. The minimum Gasteiger partial charge on any atom is -0.493 e. The molecule has 0 aliphatic rings. The highest BCUT2D eigenvalue weighted by atomic mass is 16.5. The zero-order chi connectivity index (χ0) is 22.7. The fourth-order valence-electron chi connectivity index (χ4n) is 3.78. The third-order valence-electron chi connectivity index (χ3n) is 6.01. The highest BCUT2D eigenvalue weighted by Crippen LogP contribution is 2.34. The van der Waals surface area contributed by atoms with Crippen molar-refractivity contribution in [2.75, 3.05) is 6.61 Å². The topological polar surface area (TPSA) is 78.6 Å². The van der Waals surface area contributed by atoms with Crippen LogP contribution in [0.15, 0.2) is 6.07 Å². The van der Waals surface area contributed by atoms with Gasteiger partial charge < -0.3 is 15.2 Å². The Hall–Kier alpha value is -2.82. The van der Waals surface area contributed by atoms with Crippen molar-refractivity contribution in [1.29, 1.82) is 0 Å². The minimum absolute atomic E-state index is 0.412. The van der Waals surface area contributed by atoms with Gasteiger partial charge in [-0.25, -0.2) is 4.79 Å². The number of nitrogens with two attached hydrogens (primary N) is 1. The molecule has 0 radical (unpaired) electrons. The Labute approximate surface area is 179 Å². The van der Waals surface area contributed by atoms with Crippen molar-refractivity contribution < 1.29 is 19.1 Å². The summed E-state index contributed by atoms with van der Waals surface area (Å²) >= 11 is 0. The lowest BCUT2D eigenvalue weighted by Crippen LogP contribution is -2.19.